The Balaban J connectivity index is 0.00000110. The predicted octanol–water partition coefficient (Wildman–Crippen LogP) is 4.08. The zero-order valence-corrected chi connectivity index (χ0v) is 22.9. The van der Waals surface area contributed by atoms with E-state index in [1.54, 1.807) is 23.8 Å². The molecule has 1 aromatic carbocycles. The lowest BCUT2D eigenvalue weighted by molar-refractivity contribution is -0.143. The molecule has 1 saturated heterocycles. The van der Waals surface area contributed by atoms with Gasteiger partial charge < -0.3 is 20.1 Å². The number of anilines is 1. The highest BCUT2D eigenvalue weighted by Crippen LogP contribution is 2.47. The number of likely N-dealkylation sites (tertiary alicyclic amines) is 1. The van der Waals surface area contributed by atoms with E-state index in [2.05, 4.69) is 26.3 Å². The molecule has 4 aromatic rings. The Morgan fingerprint density at radius 3 is 2.62 bits per heavy atom. The molecule has 0 radical (unpaired) electrons. The fraction of sp³-hybridized carbons (Fsp3) is 0.483. The van der Waals surface area contributed by atoms with Gasteiger partial charge in [-0.1, -0.05) is 0 Å². The van der Waals surface area contributed by atoms with Gasteiger partial charge in [0.25, 0.3) is 5.91 Å². The molecule has 1 aliphatic heterocycles. The summed E-state index contributed by atoms with van der Waals surface area (Å²) in [6.45, 7) is 3.43. The van der Waals surface area contributed by atoms with Crippen LogP contribution in [0.4, 0.5) is 5.82 Å². The SMILES string of the molecule is CC(=O)N1CC2(CCC(n3cc4cc(C(=O)Nc5cnc6cccnn56)c(OC5CCC5)cc4n3)CC2)C1.CO.[HH]. The molecule has 2 N–H and O–H groups in total. The van der Waals surface area contributed by atoms with Crippen molar-refractivity contribution in [1.29, 1.82) is 0 Å². The van der Waals surface area contributed by atoms with Crippen LogP contribution < -0.4 is 10.1 Å². The lowest BCUT2D eigenvalue weighted by Crippen LogP contribution is -2.59. The first-order chi connectivity index (χ1) is 19.5. The molecule has 11 nitrogen and oxygen atoms in total. The van der Waals surface area contributed by atoms with E-state index in [4.69, 9.17) is 14.9 Å². The number of fused-ring (bicyclic) bond motifs is 2. The minimum absolute atomic E-state index is 0. The van der Waals surface area contributed by atoms with Crippen molar-refractivity contribution in [3.8, 4) is 5.75 Å². The standard InChI is InChI=1S/C28H31N7O3.CH4O.H2/c1-18(36)33-16-28(17-33)9-7-20(8-10-28)34-15-19-12-22(24(13-23(19)32-34)38-21-4-2-5-21)27(37)31-26-14-29-25-6-3-11-30-35(25)26;1-2;/h3,6,11-15,20-21H,2,4-5,7-10,16-17H2,1H3,(H,31,37);2H,1H3;1H. The van der Waals surface area contributed by atoms with Crippen molar-refractivity contribution in [2.45, 2.75) is 64.0 Å². The van der Waals surface area contributed by atoms with Crippen molar-refractivity contribution in [1.82, 2.24) is 29.3 Å². The van der Waals surface area contributed by atoms with E-state index in [1.807, 2.05) is 29.2 Å². The summed E-state index contributed by atoms with van der Waals surface area (Å²) in [5, 5.41) is 20.1. The Hall–Kier alpha value is -3.99. The molecule has 7 rings (SSSR count). The molecule has 11 heteroatoms. The van der Waals surface area contributed by atoms with E-state index in [1.165, 1.54) is 0 Å². The summed E-state index contributed by atoms with van der Waals surface area (Å²) >= 11 is 0. The normalized spacial score (nSPS) is 18.6. The molecule has 4 heterocycles. The maximum absolute atomic E-state index is 13.5. The summed E-state index contributed by atoms with van der Waals surface area (Å²) in [6.07, 6.45) is 12.9. The first-order valence-corrected chi connectivity index (χ1v) is 14.0. The van der Waals surface area contributed by atoms with Crippen LogP contribution in [0.15, 0.2) is 42.9 Å². The Labute approximate surface area is 233 Å². The summed E-state index contributed by atoms with van der Waals surface area (Å²) < 4.78 is 9.95. The van der Waals surface area contributed by atoms with E-state index < -0.39 is 0 Å². The first-order valence-electron chi connectivity index (χ1n) is 14.0. The number of hydrogen-bond acceptors (Lipinski definition) is 7. The number of hydrogen-bond donors (Lipinski definition) is 2. The van der Waals surface area contributed by atoms with Crippen LogP contribution in [0.2, 0.25) is 0 Å². The molecule has 2 aliphatic carbocycles. The van der Waals surface area contributed by atoms with Crippen LogP contribution in [0.5, 0.6) is 5.75 Å². The highest BCUT2D eigenvalue weighted by atomic mass is 16.5. The minimum Gasteiger partial charge on any atom is -0.490 e. The number of benzene rings is 1. The van der Waals surface area contributed by atoms with Gasteiger partial charge in [0, 0.05) is 57.8 Å². The average molecular weight is 548 g/mol. The van der Waals surface area contributed by atoms with Gasteiger partial charge in [-0.2, -0.15) is 14.7 Å². The Morgan fingerprint density at radius 1 is 1.15 bits per heavy atom. The van der Waals surface area contributed by atoms with Crippen LogP contribution in [-0.2, 0) is 4.79 Å². The first kappa shape index (κ1) is 26.2. The molecule has 0 atom stereocenters. The number of amides is 2. The van der Waals surface area contributed by atoms with E-state index >= 15 is 0 Å². The molecule has 0 bridgehead atoms. The number of aromatic nitrogens is 5. The molecule has 2 amide bonds. The minimum atomic E-state index is -0.263. The molecule has 3 aliphatic rings. The molecule has 3 aromatic heterocycles. The second kappa shape index (κ2) is 10.5. The van der Waals surface area contributed by atoms with Crippen LogP contribution in [0.1, 0.15) is 69.7 Å². The third-order valence-electron chi connectivity index (χ3n) is 8.62. The predicted molar refractivity (Wildman–Crippen MR) is 151 cm³/mol. The smallest absolute Gasteiger partial charge is 0.260 e. The Bertz CT molecular complexity index is 1550. The average Bonchev–Trinajstić information content (AvgIpc) is 3.54. The highest BCUT2D eigenvalue weighted by Gasteiger charge is 2.46. The number of ether oxygens (including phenoxy) is 1. The lowest BCUT2D eigenvalue weighted by Gasteiger charge is -2.53. The van der Waals surface area contributed by atoms with Crippen LogP contribution in [-0.4, -0.2) is 72.5 Å². The number of imidazole rings is 1. The summed E-state index contributed by atoms with van der Waals surface area (Å²) in [7, 11) is 1.00. The number of rotatable bonds is 5. The van der Waals surface area contributed by atoms with E-state index in [9.17, 15) is 9.59 Å². The number of nitrogens with zero attached hydrogens (tertiary/aromatic N) is 6. The lowest BCUT2D eigenvalue weighted by atomic mass is 9.67. The van der Waals surface area contributed by atoms with Crippen molar-refractivity contribution in [3.63, 3.8) is 0 Å². The summed E-state index contributed by atoms with van der Waals surface area (Å²) in [5.74, 6) is 0.981. The van der Waals surface area contributed by atoms with Crippen molar-refractivity contribution in [2.75, 3.05) is 25.5 Å². The zero-order chi connectivity index (χ0) is 27.9. The fourth-order valence-corrected chi connectivity index (χ4v) is 6.08. The van der Waals surface area contributed by atoms with E-state index in [-0.39, 0.29) is 24.8 Å². The molecule has 2 saturated carbocycles. The third kappa shape index (κ3) is 4.78. The molecule has 1 spiro atoms. The van der Waals surface area contributed by atoms with Crippen molar-refractivity contribution >= 4 is 34.2 Å². The van der Waals surface area contributed by atoms with Crippen molar-refractivity contribution in [2.24, 2.45) is 5.41 Å². The Morgan fingerprint density at radius 2 is 1.93 bits per heavy atom. The number of carbonyl (C=O) groups is 2. The van der Waals surface area contributed by atoms with Crippen molar-refractivity contribution < 1.29 is 20.9 Å². The van der Waals surface area contributed by atoms with Crippen LogP contribution >= 0.6 is 0 Å². The van der Waals surface area contributed by atoms with Gasteiger partial charge in [-0.25, -0.2) is 4.98 Å². The largest absolute Gasteiger partial charge is 0.490 e. The number of nitrogens with one attached hydrogen (secondary N) is 1. The monoisotopic (exact) mass is 547 g/mol. The quantitative estimate of drug-likeness (QED) is 0.385. The summed E-state index contributed by atoms with van der Waals surface area (Å²) in [5.41, 5.74) is 2.27. The zero-order valence-electron chi connectivity index (χ0n) is 22.9. The molecular formula is C29H37N7O4. The number of aliphatic hydroxyl groups excluding tert-OH is 1. The van der Waals surface area contributed by atoms with Gasteiger partial charge in [0.1, 0.15) is 5.75 Å². The fourth-order valence-electron chi connectivity index (χ4n) is 6.08. The van der Waals surface area contributed by atoms with E-state index in [0.29, 0.717) is 28.8 Å². The molecular weight excluding hydrogens is 510 g/mol. The topological polar surface area (TPSA) is 127 Å². The second-order valence-corrected chi connectivity index (χ2v) is 11.2. The van der Waals surface area contributed by atoms with Gasteiger partial charge in [-0.3, -0.25) is 14.3 Å². The summed E-state index contributed by atoms with van der Waals surface area (Å²) in [4.78, 5) is 31.4. The maximum Gasteiger partial charge on any atom is 0.260 e. The molecule has 40 heavy (non-hydrogen) atoms. The number of aliphatic hydroxyl groups is 1. The van der Waals surface area contributed by atoms with Gasteiger partial charge in [0.05, 0.1) is 29.4 Å². The number of carbonyl (C=O) groups excluding carboxylic acids is 2. The van der Waals surface area contributed by atoms with E-state index in [0.717, 1.165) is 76.0 Å². The van der Waals surface area contributed by atoms with Crippen molar-refractivity contribution in [3.05, 3.63) is 48.4 Å². The third-order valence-corrected chi connectivity index (χ3v) is 8.62. The van der Waals surface area contributed by atoms with Gasteiger partial charge in [-0.15, -0.1) is 0 Å². The van der Waals surface area contributed by atoms with Crippen LogP contribution in [0.3, 0.4) is 0 Å². The highest BCUT2D eigenvalue weighted by molar-refractivity contribution is 6.08. The summed E-state index contributed by atoms with van der Waals surface area (Å²) in [6, 6.07) is 7.76. The molecule has 212 valence electrons. The maximum atomic E-state index is 13.5. The van der Waals surface area contributed by atoms with Gasteiger partial charge in [0.2, 0.25) is 5.91 Å². The molecule has 3 fully saturated rings. The van der Waals surface area contributed by atoms with Crippen LogP contribution in [0.25, 0.3) is 16.6 Å². The second-order valence-electron chi connectivity index (χ2n) is 11.2. The Kier molecular flexibility index (Phi) is 6.91. The van der Waals surface area contributed by atoms with Gasteiger partial charge in [0.15, 0.2) is 11.5 Å². The van der Waals surface area contributed by atoms with Gasteiger partial charge >= 0.3 is 0 Å². The molecule has 0 unspecified atom stereocenters. The van der Waals surface area contributed by atoms with Crippen LogP contribution in [0, 0.1) is 5.41 Å². The van der Waals surface area contributed by atoms with Gasteiger partial charge in [-0.05, 0) is 63.1 Å².